The van der Waals surface area contributed by atoms with Crippen molar-refractivity contribution in [2.45, 2.75) is 79.6 Å². The van der Waals surface area contributed by atoms with Crippen LogP contribution >= 0.6 is 0 Å². The third-order valence-electron chi connectivity index (χ3n) is 3.91. The molecular formula is C20H33N5O5. The normalized spacial score (nSPS) is 14.4. The third-order valence-corrected chi connectivity index (χ3v) is 3.91. The molecule has 0 fully saturated rings. The monoisotopic (exact) mass is 423 g/mol. The quantitative estimate of drug-likeness (QED) is 0.662. The van der Waals surface area contributed by atoms with Gasteiger partial charge in [-0.05, 0) is 0 Å². The molecule has 3 heterocycles. The van der Waals surface area contributed by atoms with Crippen molar-refractivity contribution in [3.05, 3.63) is 32.8 Å². The SMILES string of the molecule is CC(C)(C)C1=NCC(=O)C1.CC(C)(C)c1n[nH]c(=O)o1.CC(C)(C)c1noc(=O)[nH]1. The van der Waals surface area contributed by atoms with Crippen LogP contribution in [0.2, 0.25) is 0 Å². The molecule has 10 nitrogen and oxygen atoms in total. The number of rotatable bonds is 0. The lowest BCUT2D eigenvalue weighted by Crippen LogP contribution is -2.18. The number of carbonyl (C=O) groups is 1. The van der Waals surface area contributed by atoms with Crippen molar-refractivity contribution < 1.29 is 13.7 Å². The number of nitrogens with zero attached hydrogens (tertiary/aromatic N) is 3. The Labute approximate surface area is 175 Å². The van der Waals surface area contributed by atoms with Crippen LogP contribution < -0.4 is 11.5 Å². The minimum absolute atomic E-state index is 0.0894. The van der Waals surface area contributed by atoms with E-state index in [-0.39, 0.29) is 22.0 Å². The van der Waals surface area contributed by atoms with E-state index in [4.69, 9.17) is 4.42 Å². The summed E-state index contributed by atoms with van der Waals surface area (Å²) in [5.74, 6) is 0.287. The summed E-state index contributed by atoms with van der Waals surface area (Å²) in [5, 5.41) is 9.43. The third kappa shape index (κ3) is 8.30. The summed E-state index contributed by atoms with van der Waals surface area (Å²) in [7, 11) is 0. The molecule has 0 spiro atoms. The van der Waals surface area contributed by atoms with Gasteiger partial charge in [-0.25, -0.2) is 14.7 Å². The molecule has 2 aromatic rings. The van der Waals surface area contributed by atoms with Crippen LogP contribution in [0.1, 0.15) is 80.4 Å². The van der Waals surface area contributed by atoms with E-state index in [0.717, 1.165) is 5.71 Å². The van der Waals surface area contributed by atoms with E-state index >= 15 is 0 Å². The van der Waals surface area contributed by atoms with Crippen LogP contribution in [0.5, 0.6) is 0 Å². The van der Waals surface area contributed by atoms with Gasteiger partial charge in [0.05, 0.1) is 6.54 Å². The smallest absolute Gasteiger partial charge is 0.392 e. The van der Waals surface area contributed by atoms with E-state index < -0.39 is 11.5 Å². The van der Waals surface area contributed by atoms with E-state index in [2.05, 4.69) is 50.6 Å². The van der Waals surface area contributed by atoms with E-state index in [1.54, 1.807) is 0 Å². The summed E-state index contributed by atoms with van der Waals surface area (Å²) in [6.45, 7) is 18.3. The van der Waals surface area contributed by atoms with Gasteiger partial charge in [0, 0.05) is 28.4 Å². The second-order valence-electron chi connectivity index (χ2n) is 10.1. The first-order valence-corrected chi connectivity index (χ1v) is 9.68. The maximum atomic E-state index is 10.8. The Morgan fingerprint density at radius 3 is 1.63 bits per heavy atom. The average Bonchev–Trinajstić information content (AvgIpc) is 3.27. The molecule has 0 aromatic carbocycles. The fourth-order valence-corrected chi connectivity index (χ4v) is 2.09. The number of nitrogens with one attached hydrogen (secondary N) is 2. The van der Waals surface area contributed by atoms with Crippen molar-refractivity contribution in [1.82, 2.24) is 20.3 Å². The minimum atomic E-state index is -0.495. The number of aliphatic imine (C=N–C) groups is 1. The number of ketones is 1. The molecule has 0 unspecified atom stereocenters. The number of carbonyl (C=O) groups excluding carboxylic acids is 1. The lowest BCUT2D eigenvalue weighted by atomic mass is 9.88. The fourth-order valence-electron chi connectivity index (χ4n) is 2.09. The summed E-state index contributed by atoms with van der Waals surface area (Å²) in [5.41, 5.74) is 0.801. The highest BCUT2D eigenvalue weighted by Crippen LogP contribution is 2.21. The van der Waals surface area contributed by atoms with Crippen molar-refractivity contribution in [2.24, 2.45) is 10.4 Å². The zero-order valence-electron chi connectivity index (χ0n) is 19.3. The molecule has 0 aliphatic carbocycles. The number of hydrogen-bond donors (Lipinski definition) is 2. The van der Waals surface area contributed by atoms with Crippen LogP contribution in [0.4, 0.5) is 0 Å². The molecular weight excluding hydrogens is 390 g/mol. The molecule has 2 aromatic heterocycles. The Kier molecular flexibility index (Phi) is 7.88. The van der Waals surface area contributed by atoms with Gasteiger partial charge in [0.1, 0.15) is 0 Å². The molecule has 0 saturated carbocycles. The Morgan fingerprint density at radius 2 is 1.43 bits per heavy atom. The number of aromatic nitrogens is 4. The number of H-pyrrole nitrogens is 2. The van der Waals surface area contributed by atoms with E-state index in [0.29, 0.717) is 24.7 Å². The number of aromatic amines is 2. The van der Waals surface area contributed by atoms with Gasteiger partial charge in [-0.2, -0.15) is 0 Å². The van der Waals surface area contributed by atoms with Crippen molar-refractivity contribution in [3.8, 4) is 0 Å². The molecule has 30 heavy (non-hydrogen) atoms. The van der Waals surface area contributed by atoms with Crippen molar-refractivity contribution in [3.63, 3.8) is 0 Å². The fraction of sp³-hybridized carbons (Fsp3) is 0.700. The summed E-state index contributed by atoms with van der Waals surface area (Å²) in [6, 6.07) is 0. The van der Waals surface area contributed by atoms with Crippen molar-refractivity contribution >= 4 is 11.5 Å². The molecule has 0 bridgehead atoms. The van der Waals surface area contributed by atoms with Crippen LogP contribution in [0.15, 0.2) is 23.5 Å². The van der Waals surface area contributed by atoms with Crippen LogP contribution in [0, 0.1) is 5.41 Å². The highest BCUT2D eigenvalue weighted by molar-refractivity contribution is 6.09. The van der Waals surface area contributed by atoms with Gasteiger partial charge in [0.2, 0.25) is 5.89 Å². The molecule has 1 aliphatic rings. The Balaban J connectivity index is 0.000000225. The predicted octanol–water partition coefficient (Wildman–Crippen LogP) is 2.77. The number of hydrogen-bond acceptors (Lipinski definition) is 8. The molecule has 3 rings (SSSR count). The van der Waals surface area contributed by atoms with Gasteiger partial charge < -0.3 is 4.42 Å². The number of Topliss-reactive ketones (excluding diaryl/α,β-unsaturated/α-hetero) is 1. The predicted molar refractivity (Wildman–Crippen MR) is 113 cm³/mol. The summed E-state index contributed by atoms with van der Waals surface area (Å²) in [6.07, 6.45) is 0.573. The first kappa shape index (κ1) is 25.3. The maximum Gasteiger partial charge on any atom is 0.438 e. The van der Waals surface area contributed by atoms with Gasteiger partial charge in [0.15, 0.2) is 11.6 Å². The minimum Gasteiger partial charge on any atom is -0.392 e. The lowest BCUT2D eigenvalue weighted by Gasteiger charge is -2.17. The summed E-state index contributed by atoms with van der Waals surface area (Å²) < 4.78 is 9.06. The molecule has 1 aliphatic heterocycles. The van der Waals surface area contributed by atoms with E-state index in [9.17, 15) is 14.4 Å². The standard InChI is InChI=1S/C8H13NO.2C6H10N2O2/c1-8(2,3)7-4-6(10)5-9-7;1-6(2,3)4-7-8-5(9)10-4;1-6(2,3)4-7-5(9)10-8-4/h4-5H2,1-3H3;1-3H3,(H,8,9);1-3H3,(H,7,8,9). The average molecular weight is 424 g/mol. The first-order valence-electron chi connectivity index (χ1n) is 9.68. The van der Waals surface area contributed by atoms with Gasteiger partial charge >= 0.3 is 11.5 Å². The van der Waals surface area contributed by atoms with Crippen LogP contribution in [-0.4, -0.2) is 38.4 Å². The van der Waals surface area contributed by atoms with Gasteiger partial charge in [-0.3, -0.25) is 19.3 Å². The zero-order chi connectivity index (χ0) is 23.3. The molecule has 0 atom stereocenters. The van der Waals surface area contributed by atoms with E-state index in [1.807, 2.05) is 41.5 Å². The van der Waals surface area contributed by atoms with Gasteiger partial charge in [-0.15, -0.1) is 5.10 Å². The maximum absolute atomic E-state index is 10.8. The topological polar surface area (TPSA) is 147 Å². The van der Waals surface area contributed by atoms with Crippen molar-refractivity contribution in [2.75, 3.05) is 6.54 Å². The Bertz CT molecular complexity index is 913. The van der Waals surface area contributed by atoms with Gasteiger partial charge in [0.25, 0.3) is 0 Å². The van der Waals surface area contributed by atoms with Crippen LogP contribution in [-0.2, 0) is 15.6 Å². The summed E-state index contributed by atoms with van der Waals surface area (Å²) >= 11 is 0. The largest absolute Gasteiger partial charge is 0.438 e. The first-order chi connectivity index (χ1) is 13.5. The molecule has 0 saturated heterocycles. The lowest BCUT2D eigenvalue weighted by molar-refractivity contribution is -0.116. The van der Waals surface area contributed by atoms with Crippen LogP contribution in [0.3, 0.4) is 0 Å². The highest BCUT2D eigenvalue weighted by Gasteiger charge is 2.25. The zero-order valence-corrected chi connectivity index (χ0v) is 19.3. The molecule has 2 N–H and O–H groups in total. The summed E-state index contributed by atoms with van der Waals surface area (Å²) in [4.78, 5) is 38.3. The second kappa shape index (κ2) is 9.36. The molecule has 10 heteroatoms. The highest BCUT2D eigenvalue weighted by atomic mass is 16.5. The second-order valence-corrected chi connectivity index (χ2v) is 10.1. The van der Waals surface area contributed by atoms with E-state index in [1.165, 1.54) is 0 Å². The molecule has 0 amide bonds. The molecule has 168 valence electrons. The van der Waals surface area contributed by atoms with Crippen LogP contribution in [0.25, 0.3) is 0 Å². The van der Waals surface area contributed by atoms with Crippen molar-refractivity contribution in [1.29, 1.82) is 0 Å². The van der Waals surface area contributed by atoms with Gasteiger partial charge in [-0.1, -0.05) is 67.5 Å². The molecule has 0 radical (unpaired) electrons. The Morgan fingerprint density at radius 1 is 0.833 bits per heavy atom. The Hall–Kier alpha value is -2.78.